The lowest BCUT2D eigenvalue weighted by atomic mass is 9.75. The summed E-state index contributed by atoms with van der Waals surface area (Å²) in [6.45, 7) is 13.5. The normalized spacial score (nSPS) is 17.6. The number of piperazine rings is 1. The third kappa shape index (κ3) is 6.52. The molecule has 0 bridgehead atoms. The third-order valence-corrected chi connectivity index (χ3v) is 6.70. The summed E-state index contributed by atoms with van der Waals surface area (Å²) in [5.41, 5.74) is 9.25. The number of hydrogen-bond acceptors (Lipinski definition) is 4. The van der Waals surface area contributed by atoms with E-state index in [-0.39, 0.29) is 11.4 Å². The first-order valence-electron chi connectivity index (χ1n) is 11.6. The van der Waals surface area contributed by atoms with Gasteiger partial charge in [0.15, 0.2) is 0 Å². The number of hydrogen-bond donors (Lipinski definition) is 1. The van der Waals surface area contributed by atoms with E-state index in [4.69, 9.17) is 10.5 Å². The molecule has 31 heavy (non-hydrogen) atoms. The fourth-order valence-corrected chi connectivity index (χ4v) is 4.48. The average molecular weight is 428 g/mol. The lowest BCUT2D eigenvalue weighted by molar-refractivity contribution is 0.112. The molecule has 0 aromatic heterocycles. The molecule has 2 aromatic rings. The largest absolute Gasteiger partial charge is 0.492 e. The van der Waals surface area contributed by atoms with E-state index in [0.29, 0.717) is 12.5 Å². The Morgan fingerprint density at radius 2 is 1.58 bits per heavy atom. The van der Waals surface area contributed by atoms with Gasteiger partial charge in [0, 0.05) is 38.3 Å². The van der Waals surface area contributed by atoms with Crippen molar-refractivity contribution in [1.82, 2.24) is 9.80 Å². The molecule has 0 saturated carbocycles. The number of nitrogens with zero attached hydrogens (tertiary/aromatic N) is 2. The molecule has 2 aromatic carbocycles. The van der Waals surface area contributed by atoms with Gasteiger partial charge in [0.05, 0.1) is 0 Å². The molecule has 2 N–H and O–H groups in total. The van der Waals surface area contributed by atoms with Crippen LogP contribution in [-0.2, 0) is 5.54 Å². The van der Waals surface area contributed by atoms with Crippen LogP contribution in [-0.4, -0.2) is 55.7 Å². The van der Waals surface area contributed by atoms with Gasteiger partial charge in [-0.2, -0.15) is 0 Å². The second kappa shape index (κ2) is 11.1. The Balaban J connectivity index is 1.38. The predicted octanol–water partition coefficient (Wildman–Crippen LogP) is 4.42. The first-order valence-corrected chi connectivity index (χ1v) is 11.6. The molecule has 0 aliphatic carbocycles. The smallest absolute Gasteiger partial charge is 0.123 e. The van der Waals surface area contributed by atoms with Crippen molar-refractivity contribution in [2.45, 2.75) is 39.2 Å². The molecule has 5 heteroatoms. The van der Waals surface area contributed by atoms with E-state index < -0.39 is 0 Å². The lowest BCUT2D eigenvalue weighted by Crippen LogP contribution is -2.48. The van der Waals surface area contributed by atoms with Crippen molar-refractivity contribution < 1.29 is 9.13 Å². The van der Waals surface area contributed by atoms with E-state index in [2.05, 4.69) is 54.8 Å². The second-order valence-electron chi connectivity index (χ2n) is 9.10. The van der Waals surface area contributed by atoms with Gasteiger partial charge in [-0.3, -0.25) is 4.90 Å². The Morgan fingerprint density at radius 1 is 0.968 bits per heavy atom. The number of nitrogens with two attached hydrogens (primary N) is 1. The number of rotatable bonds is 10. The Labute approximate surface area is 187 Å². The SMILES string of the molecule is Cc1ccccc1C(N)(CCCN1CCN(CCOc2ccc(F)cc2)CC1)C(C)C. The van der Waals surface area contributed by atoms with E-state index >= 15 is 0 Å². The van der Waals surface area contributed by atoms with Crippen LogP contribution in [0.15, 0.2) is 48.5 Å². The Morgan fingerprint density at radius 3 is 2.19 bits per heavy atom. The van der Waals surface area contributed by atoms with E-state index in [0.717, 1.165) is 57.9 Å². The molecule has 0 spiro atoms. The number of benzene rings is 2. The van der Waals surface area contributed by atoms with Crippen LogP contribution in [0.3, 0.4) is 0 Å². The molecule has 1 saturated heterocycles. The molecule has 1 heterocycles. The average Bonchev–Trinajstić information content (AvgIpc) is 2.76. The zero-order valence-corrected chi connectivity index (χ0v) is 19.3. The van der Waals surface area contributed by atoms with Crippen LogP contribution in [0.4, 0.5) is 4.39 Å². The summed E-state index contributed by atoms with van der Waals surface area (Å²) in [5.74, 6) is 0.887. The predicted molar refractivity (Wildman–Crippen MR) is 126 cm³/mol. The quantitative estimate of drug-likeness (QED) is 0.609. The van der Waals surface area contributed by atoms with Crippen LogP contribution in [0.25, 0.3) is 0 Å². The van der Waals surface area contributed by atoms with Gasteiger partial charge in [0.25, 0.3) is 0 Å². The molecule has 3 rings (SSSR count). The fraction of sp³-hybridized carbons (Fsp3) is 0.538. The zero-order valence-electron chi connectivity index (χ0n) is 19.3. The van der Waals surface area contributed by atoms with Gasteiger partial charge in [-0.15, -0.1) is 0 Å². The van der Waals surface area contributed by atoms with Crippen molar-refractivity contribution >= 4 is 0 Å². The summed E-state index contributed by atoms with van der Waals surface area (Å²) in [7, 11) is 0. The van der Waals surface area contributed by atoms with Gasteiger partial charge in [0.2, 0.25) is 0 Å². The maximum absolute atomic E-state index is 13.0. The lowest BCUT2D eigenvalue weighted by Gasteiger charge is -2.38. The Bertz CT molecular complexity index is 803. The first kappa shape index (κ1) is 23.7. The van der Waals surface area contributed by atoms with Crippen LogP contribution >= 0.6 is 0 Å². The molecule has 1 aliphatic heterocycles. The van der Waals surface area contributed by atoms with Crippen molar-refractivity contribution in [3.05, 3.63) is 65.5 Å². The molecule has 0 amide bonds. The Kier molecular flexibility index (Phi) is 8.47. The summed E-state index contributed by atoms with van der Waals surface area (Å²) in [6, 6.07) is 14.8. The van der Waals surface area contributed by atoms with Gasteiger partial charge < -0.3 is 15.4 Å². The van der Waals surface area contributed by atoms with Crippen molar-refractivity contribution in [3.63, 3.8) is 0 Å². The van der Waals surface area contributed by atoms with E-state index in [9.17, 15) is 4.39 Å². The first-order chi connectivity index (χ1) is 14.9. The zero-order chi connectivity index (χ0) is 22.3. The highest BCUT2D eigenvalue weighted by Crippen LogP contribution is 2.33. The van der Waals surface area contributed by atoms with Crippen molar-refractivity contribution in [1.29, 1.82) is 0 Å². The van der Waals surface area contributed by atoms with Crippen LogP contribution in [0.1, 0.15) is 37.8 Å². The van der Waals surface area contributed by atoms with Crippen LogP contribution < -0.4 is 10.5 Å². The van der Waals surface area contributed by atoms with E-state index in [1.165, 1.54) is 23.3 Å². The molecule has 1 fully saturated rings. The minimum Gasteiger partial charge on any atom is -0.492 e. The van der Waals surface area contributed by atoms with Gasteiger partial charge in [0.1, 0.15) is 18.2 Å². The van der Waals surface area contributed by atoms with Gasteiger partial charge in [-0.25, -0.2) is 4.39 Å². The summed E-state index contributed by atoms with van der Waals surface area (Å²) >= 11 is 0. The molecule has 1 unspecified atom stereocenters. The standard InChI is InChI=1S/C26H38FN3O/c1-21(2)26(28,25-8-5-4-7-22(25)3)13-6-14-29-15-17-30(18-16-29)19-20-31-24-11-9-23(27)10-12-24/h4-5,7-12,21H,6,13-20,28H2,1-3H3. The highest BCUT2D eigenvalue weighted by atomic mass is 19.1. The maximum Gasteiger partial charge on any atom is 0.123 e. The Hall–Kier alpha value is -1.95. The topological polar surface area (TPSA) is 41.7 Å². The molecular formula is C26H38FN3O. The fourth-order valence-electron chi connectivity index (χ4n) is 4.48. The molecule has 4 nitrogen and oxygen atoms in total. The minimum absolute atomic E-state index is 0.234. The molecule has 170 valence electrons. The van der Waals surface area contributed by atoms with Crippen molar-refractivity contribution in [2.75, 3.05) is 45.9 Å². The van der Waals surface area contributed by atoms with Crippen LogP contribution in [0.5, 0.6) is 5.75 Å². The van der Waals surface area contributed by atoms with Gasteiger partial charge in [-0.1, -0.05) is 38.1 Å². The van der Waals surface area contributed by atoms with E-state index in [1.807, 2.05) is 0 Å². The highest BCUT2D eigenvalue weighted by Gasteiger charge is 2.32. The highest BCUT2D eigenvalue weighted by molar-refractivity contribution is 5.33. The number of ether oxygens (including phenoxy) is 1. The molecule has 0 radical (unpaired) electrons. The monoisotopic (exact) mass is 427 g/mol. The summed E-state index contributed by atoms with van der Waals surface area (Å²) in [6.07, 6.45) is 2.11. The van der Waals surface area contributed by atoms with E-state index in [1.54, 1.807) is 12.1 Å². The number of halogens is 1. The summed E-state index contributed by atoms with van der Waals surface area (Å²) < 4.78 is 18.7. The maximum atomic E-state index is 13.0. The summed E-state index contributed by atoms with van der Waals surface area (Å²) in [4.78, 5) is 4.99. The molecular weight excluding hydrogens is 389 g/mol. The molecule has 1 aliphatic rings. The molecule has 1 atom stereocenters. The second-order valence-corrected chi connectivity index (χ2v) is 9.10. The van der Waals surface area contributed by atoms with Crippen molar-refractivity contribution in [3.8, 4) is 5.75 Å². The minimum atomic E-state index is -0.273. The van der Waals surface area contributed by atoms with Crippen LogP contribution in [0, 0.1) is 18.7 Å². The summed E-state index contributed by atoms with van der Waals surface area (Å²) in [5, 5.41) is 0. The van der Waals surface area contributed by atoms with Gasteiger partial charge in [-0.05, 0) is 67.6 Å². The number of aryl methyl sites for hydroxylation is 1. The van der Waals surface area contributed by atoms with Crippen LogP contribution in [0.2, 0.25) is 0 Å². The van der Waals surface area contributed by atoms with Gasteiger partial charge >= 0.3 is 0 Å². The van der Waals surface area contributed by atoms with Crippen molar-refractivity contribution in [2.24, 2.45) is 11.7 Å². The third-order valence-electron chi connectivity index (χ3n) is 6.70.